The second kappa shape index (κ2) is 5.16. The van der Waals surface area contributed by atoms with Crippen LogP contribution in [0.1, 0.15) is 58.3 Å². The van der Waals surface area contributed by atoms with Gasteiger partial charge in [-0.3, -0.25) is 0 Å². The lowest BCUT2D eigenvalue weighted by molar-refractivity contribution is 0.0340. The minimum atomic E-state index is 0.621. The summed E-state index contributed by atoms with van der Waals surface area (Å²) in [5, 5.41) is 0. The van der Waals surface area contributed by atoms with Crippen molar-refractivity contribution in [2.24, 2.45) is 11.8 Å². The fourth-order valence-electron chi connectivity index (χ4n) is 3.03. The Balaban J connectivity index is 1.61. The largest absolute Gasteiger partial charge is 0.378 e. The van der Waals surface area contributed by atoms with Crippen LogP contribution in [0.25, 0.3) is 0 Å². The van der Waals surface area contributed by atoms with Crippen molar-refractivity contribution in [1.82, 2.24) is 0 Å². The fourth-order valence-corrected chi connectivity index (χ4v) is 3.03. The zero-order valence-corrected chi connectivity index (χ0v) is 9.50. The zero-order valence-electron chi connectivity index (χ0n) is 9.50. The molecule has 2 fully saturated rings. The molecule has 2 aliphatic carbocycles. The van der Waals surface area contributed by atoms with E-state index < -0.39 is 0 Å². The van der Waals surface area contributed by atoms with Gasteiger partial charge < -0.3 is 4.74 Å². The highest BCUT2D eigenvalue weighted by Gasteiger charge is 2.25. The summed E-state index contributed by atoms with van der Waals surface area (Å²) in [7, 11) is 0. The molecule has 0 radical (unpaired) electrons. The maximum Gasteiger partial charge on any atom is 0.0575 e. The number of ether oxygens (including phenoxy) is 1. The predicted molar refractivity (Wildman–Crippen MR) is 59.3 cm³/mol. The molecule has 2 aliphatic rings. The lowest BCUT2D eigenvalue weighted by Crippen LogP contribution is -2.14. The van der Waals surface area contributed by atoms with Gasteiger partial charge in [-0.2, -0.15) is 0 Å². The molecule has 0 heterocycles. The topological polar surface area (TPSA) is 9.23 Å². The predicted octanol–water partition coefficient (Wildman–Crippen LogP) is 3.77. The Hall–Kier alpha value is -0.0400. The first-order valence-electron chi connectivity index (χ1n) is 6.50. The zero-order chi connectivity index (χ0) is 9.80. The molecule has 14 heavy (non-hydrogen) atoms. The van der Waals surface area contributed by atoms with E-state index in [2.05, 4.69) is 6.92 Å². The van der Waals surface area contributed by atoms with Crippen molar-refractivity contribution in [2.75, 3.05) is 6.61 Å². The van der Waals surface area contributed by atoms with Gasteiger partial charge in [-0.25, -0.2) is 0 Å². The van der Waals surface area contributed by atoms with E-state index >= 15 is 0 Å². The Kier molecular flexibility index (Phi) is 3.86. The normalized spacial score (nSPS) is 34.1. The van der Waals surface area contributed by atoms with Gasteiger partial charge in [0, 0.05) is 6.61 Å². The molecule has 0 amide bonds. The summed E-state index contributed by atoms with van der Waals surface area (Å²) in [5.74, 6) is 1.90. The Morgan fingerprint density at radius 3 is 2.36 bits per heavy atom. The number of rotatable bonds is 4. The van der Waals surface area contributed by atoms with E-state index in [0.717, 1.165) is 18.4 Å². The van der Waals surface area contributed by atoms with E-state index in [-0.39, 0.29) is 0 Å². The van der Waals surface area contributed by atoms with E-state index in [4.69, 9.17) is 4.74 Å². The second-order valence-electron chi connectivity index (χ2n) is 5.19. The third kappa shape index (κ3) is 2.73. The van der Waals surface area contributed by atoms with Crippen molar-refractivity contribution in [3.05, 3.63) is 0 Å². The Bertz CT molecular complexity index is 161. The lowest BCUT2D eigenvalue weighted by Gasteiger charge is -2.15. The standard InChI is InChI=1S/C13H24O/c1-2-11-7-8-12(9-11)10-14-13-5-3-4-6-13/h11-13H,2-10H2,1H3. The summed E-state index contributed by atoms with van der Waals surface area (Å²) in [5.41, 5.74) is 0. The van der Waals surface area contributed by atoms with Crippen LogP contribution >= 0.6 is 0 Å². The minimum absolute atomic E-state index is 0.621. The highest BCUT2D eigenvalue weighted by atomic mass is 16.5. The Morgan fingerprint density at radius 1 is 1.00 bits per heavy atom. The van der Waals surface area contributed by atoms with Crippen LogP contribution in [-0.2, 0) is 4.74 Å². The average molecular weight is 196 g/mol. The smallest absolute Gasteiger partial charge is 0.0575 e. The van der Waals surface area contributed by atoms with Crippen molar-refractivity contribution < 1.29 is 4.74 Å². The fraction of sp³-hybridized carbons (Fsp3) is 1.00. The summed E-state index contributed by atoms with van der Waals surface area (Å²) >= 11 is 0. The molecule has 82 valence electrons. The van der Waals surface area contributed by atoms with Crippen molar-refractivity contribution in [3.8, 4) is 0 Å². The molecule has 2 saturated carbocycles. The third-order valence-corrected chi connectivity index (χ3v) is 4.10. The lowest BCUT2D eigenvalue weighted by atomic mass is 10.0. The van der Waals surface area contributed by atoms with Gasteiger partial charge in [-0.1, -0.05) is 32.6 Å². The highest BCUT2D eigenvalue weighted by molar-refractivity contribution is 4.75. The van der Waals surface area contributed by atoms with Crippen molar-refractivity contribution in [2.45, 2.75) is 64.4 Å². The van der Waals surface area contributed by atoms with Gasteiger partial charge in [0.25, 0.3) is 0 Å². The Labute approximate surface area is 88.2 Å². The molecule has 0 aromatic heterocycles. The molecular formula is C13H24O. The second-order valence-corrected chi connectivity index (χ2v) is 5.19. The van der Waals surface area contributed by atoms with E-state index in [1.165, 1.54) is 51.4 Å². The summed E-state index contributed by atoms with van der Waals surface area (Å²) in [4.78, 5) is 0. The van der Waals surface area contributed by atoms with Crippen LogP contribution in [0, 0.1) is 11.8 Å². The van der Waals surface area contributed by atoms with Gasteiger partial charge in [-0.05, 0) is 37.5 Å². The van der Waals surface area contributed by atoms with Crippen LogP contribution in [-0.4, -0.2) is 12.7 Å². The molecule has 0 aromatic rings. The van der Waals surface area contributed by atoms with Gasteiger partial charge in [0.1, 0.15) is 0 Å². The molecule has 0 N–H and O–H groups in total. The summed E-state index contributed by atoms with van der Waals surface area (Å²) < 4.78 is 5.98. The molecular weight excluding hydrogens is 172 g/mol. The first kappa shape index (κ1) is 10.5. The van der Waals surface area contributed by atoms with Gasteiger partial charge >= 0.3 is 0 Å². The summed E-state index contributed by atoms with van der Waals surface area (Å²) in [6.45, 7) is 3.38. The molecule has 0 aromatic carbocycles. The van der Waals surface area contributed by atoms with Gasteiger partial charge in [0.05, 0.1) is 6.10 Å². The van der Waals surface area contributed by atoms with Gasteiger partial charge in [-0.15, -0.1) is 0 Å². The Morgan fingerprint density at radius 2 is 1.71 bits per heavy atom. The quantitative estimate of drug-likeness (QED) is 0.665. The van der Waals surface area contributed by atoms with Crippen LogP contribution in [0.4, 0.5) is 0 Å². The third-order valence-electron chi connectivity index (χ3n) is 4.10. The molecule has 0 bridgehead atoms. The molecule has 0 aliphatic heterocycles. The highest BCUT2D eigenvalue weighted by Crippen LogP contribution is 2.33. The summed E-state index contributed by atoms with van der Waals surface area (Å²) in [6.07, 6.45) is 11.7. The van der Waals surface area contributed by atoms with Crippen LogP contribution in [0.15, 0.2) is 0 Å². The van der Waals surface area contributed by atoms with E-state index in [1.807, 2.05) is 0 Å². The van der Waals surface area contributed by atoms with Crippen molar-refractivity contribution >= 4 is 0 Å². The molecule has 2 unspecified atom stereocenters. The number of hydrogen-bond acceptors (Lipinski definition) is 1. The first-order chi connectivity index (χ1) is 6.88. The van der Waals surface area contributed by atoms with E-state index in [1.54, 1.807) is 0 Å². The van der Waals surface area contributed by atoms with Crippen LogP contribution in [0.5, 0.6) is 0 Å². The van der Waals surface area contributed by atoms with Crippen LogP contribution < -0.4 is 0 Å². The van der Waals surface area contributed by atoms with Crippen molar-refractivity contribution in [1.29, 1.82) is 0 Å². The molecule has 2 atom stereocenters. The van der Waals surface area contributed by atoms with Crippen molar-refractivity contribution in [3.63, 3.8) is 0 Å². The maximum absolute atomic E-state index is 5.98. The monoisotopic (exact) mass is 196 g/mol. The maximum atomic E-state index is 5.98. The molecule has 1 heteroatoms. The molecule has 0 spiro atoms. The van der Waals surface area contributed by atoms with Gasteiger partial charge in [0.2, 0.25) is 0 Å². The molecule has 1 nitrogen and oxygen atoms in total. The average Bonchev–Trinajstić information content (AvgIpc) is 2.86. The molecule has 0 saturated heterocycles. The van der Waals surface area contributed by atoms with Gasteiger partial charge in [0.15, 0.2) is 0 Å². The SMILES string of the molecule is CCC1CCC(COC2CCCC2)C1. The number of hydrogen-bond donors (Lipinski definition) is 0. The van der Waals surface area contributed by atoms with E-state index in [0.29, 0.717) is 6.10 Å². The molecule has 2 rings (SSSR count). The first-order valence-corrected chi connectivity index (χ1v) is 6.50. The minimum Gasteiger partial charge on any atom is -0.378 e. The summed E-state index contributed by atoms with van der Waals surface area (Å²) in [6, 6.07) is 0. The van der Waals surface area contributed by atoms with Crippen LogP contribution in [0.2, 0.25) is 0 Å². The van der Waals surface area contributed by atoms with Crippen LogP contribution in [0.3, 0.4) is 0 Å². The van der Waals surface area contributed by atoms with E-state index in [9.17, 15) is 0 Å².